The van der Waals surface area contributed by atoms with Crippen LogP contribution < -0.4 is 5.32 Å². The summed E-state index contributed by atoms with van der Waals surface area (Å²) in [6.07, 6.45) is 3.42. The number of nitriles is 1. The maximum Gasteiger partial charge on any atom is 0.108 e. The van der Waals surface area contributed by atoms with Gasteiger partial charge in [0, 0.05) is 13.2 Å². The van der Waals surface area contributed by atoms with Crippen molar-refractivity contribution in [2.75, 3.05) is 13.2 Å². The lowest BCUT2D eigenvalue weighted by Crippen LogP contribution is -2.50. The van der Waals surface area contributed by atoms with Crippen molar-refractivity contribution in [2.24, 2.45) is 5.92 Å². The molecule has 0 radical (unpaired) electrons. The molecule has 0 bridgehead atoms. The van der Waals surface area contributed by atoms with Crippen molar-refractivity contribution >= 4 is 0 Å². The first-order chi connectivity index (χ1) is 7.14. The average molecular weight is 210 g/mol. The van der Waals surface area contributed by atoms with E-state index < -0.39 is 0 Å². The van der Waals surface area contributed by atoms with Crippen molar-refractivity contribution in [3.8, 4) is 6.07 Å². The van der Waals surface area contributed by atoms with Gasteiger partial charge in [-0.2, -0.15) is 5.26 Å². The maximum atomic E-state index is 9.27. The van der Waals surface area contributed by atoms with E-state index in [9.17, 15) is 5.26 Å². The molecule has 0 saturated carbocycles. The quantitative estimate of drug-likeness (QED) is 0.755. The fraction of sp³-hybridized carbons (Fsp3) is 0.917. The Labute approximate surface area is 92.8 Å². The Bertz CT molecular complexity index is 228. The molecule has 1 heterocycles. The number of hydrogen-bond donors (Lipinski definition) is 1. The number of nitrogens with one attached hydrogen (secondary N) is 1. The van der Waals surface area contributed by atoms with Gasteiger partial charge in [-0.15, -0.1) is 0 Å². The first-order valence-electron chi connectivity index (χ1n) is 5.92. The van der Waals surface area contributed by atoms with Crippen LogP contribution in [0.1, 0.15) is 40.0 Å². The minimum Gasteiger partial charge on any atom is -0.377 e. The topological polar surface area (TPSA) is 45.0 Å². The summed E-state index contributed by atoms with van der Waals surface area (Å²) < 4.78 is 5.55. The highest BCUT2D eigenvalue weighted by Crippen LogP contribution is 2.21. The lowest BCUT2D eigenvalue weighted by atomic mass is 9.85. The Balaban J connectivity index is 2.47. The van der Waals surface area contributed by atoms with Gasteiger partial charge in [-0.05, 0) is 25.2 Å². The summed E-state index contributed by atoms with van der Waals surface area (Å²) in [5.41, 5.74) is -0.383. The molecule has 3 heteroatoms. The Morgan fingerprint density at radius 1 is 1.60 bits per heavy atom. The van der Waals surface area contributed by atoms with Gasteiger partial charge in [0.05, 0.1) is 12.2 Å². The molecule has 0 aromatic rings. The molecule has 15 heavy (non-hydrogen) atoms. The zero-order valence-electron chi connectivity index (χ0n) is 10.0. The highest BCUT2D eigenvalue weighted by Gasteiger charge is 2.32. The van der Waals surface area contributed by atoms with E-state index >= 15 is 0 Å². The van der Waals surface area contributed by atoms with Crippen LogP contribution in [-0.4, -0.2) is 24.8 Å². The van der Waals surface area contributed by atoms with Crippen LogP contribution in [0.5, 0.6) is 0 Å². The highest BCUT2D eigenvalue weighted by atomic mass is 16.5. The van der Waals surface area contributed by atoms with Crippen LogP contribution in [0.3, 0.4) is 0 Å². The van der Waals surface area contributed by atoms with Gasteiger partial charge in [0.25, 0.3) is 0 Å². The van der Waals surface area contributed by atoms with Crippen LogP contribution in [-0.2, 0) is 4.74 Å². The van der Waals surface area contributed by atoms with Crippen molar-refractivity contribution in [1.82, 2.24) is 5.32 Å². The van der Waals surface area contributed by atoms with Gasteiger partial charge in [-0.3, -0.25) is 5.32 Å². The summed E-state index contributed by atoms with van der Waals surface area (Å²) >= 11 is 0. The molecule has 1 N–H and O–H groups in total. The van der Waals surface area contributed by atoms with Crippen LogP contribution in [0, 0.1) is 17.2 Å². The van der Waals surface area contributed by atoms with Gasteiger partial charge in [-0.25, -0.2) is 0 Å². The van der Waals surface area contributed by atoms with Gasteiger partial charge < -0.3 is 4.74 Å². The fourth-order valence-corrected chi connectivity index (χ4v) is 2.09. The van der Waals surface area contributed by atoms with Crippen LogP contribution in [0.2, 0.25) is 0 Å². The summed E-state index contributed by atoms with van der Waals surface area (Å²) in [6, 6.07) is 2.42. The molecule has 2 atom stereocenters. The predicted molar refractivity (Wildman–Crippen MR) is 60.4 cm³/mol. The third-order valence-corrected chi connectivity index (χ3v) is 3.41. The van der Waals surface area contributed by atoms with E-state index in [1.54, 1.807) is 0 Å². The average Bonchev–Trinajstić information content (AvgIpc) is 2.72. The Hall–Kier alpha value is -0.590. The normalized spacial score (nSPS) is 25.1. The zero-order valence-corrected chi connectivity index (χ0v) is 10.0. The van der Waals surface area contributed by atoms with Crippen molar-refractivity contribution in [3.05, 3.63) is 0 Å². The lowest BCUT2D eigenvalue weighted by molar-refractivity contribution is 0.100. The third-order valence-electron chi connectivity index (χ3n) is 3.41. The number of hydrogen-bond acceptors (Lipinski definition) is 3. The van der Waals surface area contributed by atoms with E-state index in [4.69, 9.17) is 4.74 Å². The molecule has 0 aliphatic carbocycles. The molecule has 86 valence electrons. The van der Waals surface area contributed by atoms with Gasteiger partial charge >= 0.3 is 0 Å². The van der Waals surface area contributed by atoms with Crippen LogP contribution in [0.4, 0.5) is 0 Å². The molecule has 1 fully saturated rings. The monoisotopic (exact) mass is 210 g/mol. The van der Waals surface area contributed by atoms with Gasteiger partial charge in [-0.1, -0.05) is 20.8 Å². The Morgan fingerprint density at radius 2 is 2.33 bits per heavy atom. The fourth-order valence-electron chi connectivity index (χ4n) is 2.09. The van der Waals surface area contributed by atoms with Crippen LogP contribution in [0.25, 0.3) is 0 Å². The summed E-state index contributed by atoms with van der Waals surface area (Å²) in [5, 5.41) is 12.7. The standard InChI is InChI=1S/C12H22N2O/c1-4-12(9-13,10(2)3)14-8-11-6-5-7-15-11/h10-11,14H,4-8H2,1-3H3. The molecular weight excluding hydrogens is 188 g/mol. The van der Waals surface area contributed by atoms with Crippen molar-refractivity contribution in [1.29, 1.82) is 5.26 Å². The number of nitrogens with zero attached hydrogens (tertiary/aromatic N) is 1. The maximum absolute atomic E-state index is 9.27. The molecule has 1 aliphatic rings. The molecule has 0 spiro atoms. The summed E-state index contributed by atoms with van der Waals surface area (Å²) in [5.74, 6) is 0.328. The number of rotatable bonds is 5. The highest BCUT2D eigenvalue weighted by molar-refractivity contribution is 5.08. The SMILES string of the molecule is CCC(C#N)(NCC1CCCO1)C(C)C. The van der Waals surface area contributed by atoms with Crippen LogP contribution in [0.15, 0.2) is 0 Å². The molecule has 1 saturated heterocycles. The smallest absolute Gasteiger partial charge is 0.108 e. The van der Waals surface area contributed by atoms with E-state index in [2.05, 4.69) is 32.2 Å². The second-order valence-corrected chi connectivity index (χ2v) is 4.61. The molecule has 0 amide bonds. The van der Waals surface area contributed by atoms with Gasteiger partial charge in [0.15, 0.2) is 0 Å². The van der Waals surface area contributed by atoms with Crippen molar-refractivity contribution < 1.29 is 4.74 Å². The minimum absolute atomic E-state index is 0.308. The first kappa shape index (κ1) is 12.5. The predicted octanol–water partition coefficient (Wildman–Crippen LogP) is 2.08. The van der Waals surface area contributed by atoms with E-state index in [0.717, 1.165) is 32.4 Å². The largest absolute Gasteiger partial charge is 0.377 e. The summed E-state index contributed by atoms with van der Waals surface area (Å²) in [4.78, 5) is 0. The van der Waals surface area contributed by atoms with Crippen molar-refractivity contribution in [2.45, 2.75) is 51.7 Å². The lowest BCUT2D eigenvalue weighted by Gasteiger charge is -2.31. The molecule has 1 rings (SSSR count). The van der Waals surface area contributed by atoms with E-state index in [-0.39, 0.29) is 5.54 Å². The van der Waals surface area contributed by atoms with E-state index in [1.807, 2.05) is 0 Å². The van der Waals surface area contributed by atoms with E-state index in [0.29, 0.717) is 12.0 Å². The summed E-state index contributed by atoms with van der Waals surface area (Å²) in [6.45, 7) is 7.93. The van der Waals surface area contributed by atoms with E-state index in [1.165, 1.54) is 0 Å². The second-order valence-electron chi connectivity index (χ2n) is 4.61. The van der Waals surface area contributed by atoms with Gasteiger partial charge in [0.2, 0.25) is 0 Å². The second kappa shape index (κ2) is 5.48. The molecular formula is C12H22N2O. The Kier molecular flexibility index (Phi) is 4.56. The number of ether oxygens (including phenoxy) is 1. The first-order valence-corrected chi connectivity index (χ1v) is 5.92. The molecule has 2 unspecified atom stereocenters. The Morgan fingerprint density at radius 3 is 2.73 bits per heavy atom. The third kappa shape index (κ3) is 2.93. The molecule has 0 aromatic carbocycles. The minimum atomic E-state index is -0.383. The van der Waals surface area contributed by atoms with Gasteiger partial charge in [0.1, 0.15) is 5.54 Å². The molecule has 3 nitrogen and oxygen atoms in total. The van der Waals surface area contributed by atoms with Crippen LogP contribution >= 0.6 is 0 Å². The zero-order chi connectivity index (χ0) is 11.3. The van der Waals surface area contributed by atoms with Crippen molar-refractivity contribution in [3.63, 3.8) is 0 Å². The molecule has 1 aliphatic heterocycles. The molecule has 0 aromatic heterocycles. The summed E-state index contributed by atoms with van der Waals surface area (Å²) in [7, 11) is 0.